The zero-order valence-corrected chi connectivity index (χ0v) is 16.9. The second-order valence-electron chi connectivity index (χ2n) is 6.26. The molecule has 0 atom stereocenters. The molecule has 0 aliphatic carbocycles. The summed E-state index contributed by atoms with van der Waals surface area (Å²) < 4.78 is 0. The van der Waals surface area contributed by atoms with Gasteiger partial charge in [0.05, 0.1) is 0 Å². The van der Waals surface area contributed by atoms with E-state index in [2.05, 4.69) is 26.3 Å². The summed E-state index contributed by atoms with van der Waals surface area (Å²) in [6.07, 6.45) is 0.373. The summed E-state index contributed by atoms with van der Waals surface area (Å²) in [5, 5.41) is 35.2. The van der Waals surface area contributed by atoms with E-state index >= 15 is 0 Å². The van der Waals surface area contributed by atoms with Crippen LogP contribution in [0.1, 0.15) is 29.9 Å². The number of carbonyl (C=O) groups is 4. The molecule has 6 N–H and O–H groups in total. The van der Waals surface area contributed by atoms with E-state index in [-0.39, 0.29) is 16.4 Å². The molecule has 3 amide bonds. The fourth-order valence-corrected chi connectivity index (χ4v) is 2.55. The van der Waals surface area contributed by atoms with Crippen molar-refractivity contribution < 1.29 is 39.3 Å². The lowest BCUT2D eigenvalue weighted by Crippen LogP contribution is -2.51. The van der Waals surface area contributed by atoms with Crippen molar-refractivity contribution >= 4 is 46.4 Å². The molecule has 1 aromatic heterocycles. The lowest BCUT2D eigenvalue weighted by atomic mass is 10.1. The number of oxime groups is 1. The van der Waals surface area contributed by atoms with Crippen LogP contribution in [-0.4, -0.2) is 55.8 Å². The summed E-state index contributed by atoms with van der Waals surface area (Å²) in [6.45, 7) is 2.54. The summed E-state index contributed by atoms with van der Waals surface area (Å²) in [5.41, 5.74) is 1.69. The zero-order chi connectivity index (χ0) is 23.2. The number of phenolic OH excluding ortho intramolecular Hbond substituents is 2. The Kier molecular flexibility index (Phi) is 7.10. The quantitative estimate of drug-likeness (QED) is 0.140. The number of rotatable bonds is 8. The number of carbonyl (C=O) groups excluding carboxylic acids is 3. The summed E-state index contributed by atoms with van der Waals surface area (Å²) in [4.78, 5) is 55.1. The van der Waals surface area contributed by atoms with E-state index in [4.69, 9.17) is 4.84 Å². The van der Waals surface area contributed by atoms with Crippen LogP contribution < -0.4 is 16.2 Å². The van der Waals surface area contributed by atoms with Gasteiger partial charge in [0.15, 0.2) is 16.6 Å². The number of aromatic nitrogens is 1. The number of thiazole rings is 1. The van der Waals surface area contributed by atoms with Gasteiger partial charge in [0.25, 0.3) is 11.8 Å². The van der Waals surface area contributed by atoms with Gasteiger partial charge in [-0.3, -0.25) is 25.2 Å². The van der Waals surface area contributed by atoms with E-state index in [1.54, 1.807) is 0 Å². The second kappa shape index (κ2) is 9.53. The van der Waals surface area contributed by atoms with E-state index in [0.717, 1.165) is 23.5 Å². The molecular weight excluding hydrogens is 434 g/mol. The molecule has 164 valence electrons. The van der Waals surface area contributed by atoms with E-state index in [1.807, 2.05) is 0 Å². The van der Waals surface area contributed by atoms with Crippen molar-refractivity contribution in [2.24, 2.45) is 5.16 Å². The van der Waals surface area contributed by atoms with E-state index < -0.39 is 40.6 Å². The molecule has 1 aromatic carbocycles. The topological polar surface area (TPSA) is 200 Å². The minimum atomic E-state index is -1.72. The Morgan fingerprint density at radius 2 is 1.90 bits per heavy atom. The van der Waals surface area contributed by atoms with E-state index in [9.17, 15) is 34.5 Å². The number of nitrogens with one attached hydrogen (secondary N) is 3. The van der Waals surface area contributed by atoms with Crippen LogP contribution in [0, 0.1) is 0 Å². The maximum atomic E-state index is 12.3. The number of carboxylic acids is 1. The van der Waals surface area contributed by atoms with Crippen molar-refractivity contribution in [3.05, 3.63) is 34.8 Å². The maximum absolute atomic E-state index is 12.3. The monoisotopic (exact) mass is 451 g/mol. The lowest BCUT2D eigenvalue weighted by Gasteiger charge is -2.21. The molecule has 0 fully saturated rings. The predicted molar refractivity (Wildman–Crippen MR) is 107 cm³/mol. The van der Waals surface area contributed by atoms with Gasteiger partial charge in [-0.1, -0.05) is 5.16 Å². The Morgan fingerprint density at radius 1 is 1.19 bits per heavy atom. The van der Waals surface area contributed by atoms with Gasteiger partial charge in [0, 0.05) is 10.9 Å². The summed E-state index contributed by atoms with van der Waals surface area (Å²) >= 11 is 0.957. The van der Waals surface area contributed by atoms with Crippen LogP contribution >= 0.6 is 11.3 Å². The SMILES string of the molecule is CC(C)(ON=C(C(=O)O)c1csc(NC=O)n1)C(=O)NNC(=O)c1ccc(O)c(O)c1. The first-order valence-electron chi connectivity index (χ1n) is 8.33. The minimum Gasteiger partial charge on any atom is -0.504 e. The van der Waals surface area contributed by atoms with Gasteiger partial charge < -0.3 is 25.5 Å². The first-order chi connectivity index (χ1) is 14.5. The molecule has 0 saturated carbocycles. The van der Waals surface area contributed by atoms with Crippen molar-refractivity contribution in [3.8, 4) is 11.5 Å². The summed E-state index contributed by atoms with van der Waals surface area (Å²) in [6, 6.07) is 3.29. The molecule has 14 heteroatoms. The number of hydrogen-bond donors (Lipinski definition) is 6. The first-order valence-corrected chi connectivity index (χ1v) is 9.21. The van der Waals surface area contributed by atoms with Gasteiger partial charge in [-0.2, -0.15) is 0 Å². The number of nitrogens with zero attached hydrogens (tertiary/aromatic N) is 2. The molecule has 0 bridgehead atoms. The van der Waals surface area contributed by atoms with Gasteiger partial charge in [-0.15, -0.1) is 11.3 Å². The van der Waals surface area contributed by atoms with Crippen LogP contribution in [0.5, 0.6) is 11.5 Å². The first kappa shape index (κ1) is 23.1. The van der Waals surface area contributed by atoms with E-state index in [1.165, 1.54) is 25.3 Å². The fourth-order valence-electron chi connectivity index (χ4n) is 1.90. The standard InChI is InChI=1S/C17H17N5O8S/c1-17(2,15(29)21-20-13(26)8-3-4-10(24)11(25)5-8)30-22-12(14(27)28)9-6-31-16(19-9)18-7-23/h3-7,24-25H,1-2H3,(H,20,26)(H,21,29)(H,27,28)(H,18,19,23). The normalized spacial score (nSPS) is 11.4. The summed E-state index contributed by atoms with van der Waals surface area (Å²) in [7, 11) is 0. The number of hydrazine groups is 1. The zero-order valence-electron chi connectivity index (χ0n) is 16.1. The van der Waals surface area contributed by atoms with Crippen LogP contribution in [0.3, 0.4) is 0 Å². The number of aliphatic carboxylic acids is 1. The van der Waals surface area contributed by atoms with Crippen molar-refractivity contribution in [3.63, 3.8) is 0 Å². The number of carboxylic acid groups (broad SMARTS) is 1. The van der Waals surface area contributed by atoms with Crippen molar-refractivity contribution in [2.45, 2.75) is 19.4 Å². The van der Waals surface area contributed by atoms with Crippen molar-refractivity contribution in [2.75, 3.05) is 5.32 Å². The Hall–Kier alpha value is -4.20. The molecule has 0 aliphatic heterocycles. The number of hydrogen-bond acceptors (Lipinski definition) is 10. The fraction of sp³-hybridized carbons (Fsp3) is 0.176. The smallest absolute Gasteiger partial charge is 0.360 e. The van der Waals surface area contributed by atoms with Crippen molar-refractivity contribution in [1.29, 1.82) is 0 Å². The van der Waals surface area contributed by atoms with Crippen LogP contribution in [0.2, 0.25) is 0 Å². The Morgan fingerprint density at radius 3 is 2.52 bits per heavy atom. The average molecular weight is 451 g/mol. The maximum Gasteiger partial charge on any atom is 0.360 e. The van der Waals surface area contributed by atoms with Crippen LogP contribution in [0.4, 0.5) is 5.13 Å². The van der Waals surface area contributed by atoms with Gasteiger partial charge in [0.2, 0.25) is 17.7 Å². The molecule has 1 heterocycles. The molecule has 13 nitrogen and oxygen atoms in total. The van der Waals surface area contributed by atoms with E-state index in [0.29, 0.717) is 6.41 Å². The third-order valence-electron chi connectivity index (χ3n) is 3.57. The third-order valence-corrected chi connectivity index (χ3v) is 4.34. The Bertz CT molecular complexity index is 1050. The number of benzene rings is 1. The molecule has 0 aliphatic rings. The molecule has 0 saturated heterocycles. The number of anilines is 1. The Balaban J connectivity index is 2.05. The largest absolute Gasteiger partial charge is 0.504 e. The molecule has 2 aromatic rings. The molecule has 2 rings (SSSR count). The highest BCUT2D eigenvalue weighted by atomic mass is 32.1. The van der Waals surface area contributed by atoms with Gasteiger partial charge >= 0.3 is 5.97 Å². The Labute approximate surface area is 178 Å². The summed E-state index contributed by atoms with van der Waals surface area (Å²) in [5.74, 6) is -4.10. The van der Waals surface area contributed by atoms with Crippen LogP contribution in [0.15, 0.2) is 28.7 Å². The van der Waals surface area contributed by atoms with Crippen molar-refractivity contribution in [1.82, 2.24) is 15.8 Å². The molecule has 0 spiro atoms. The predicted octanol–water partition coefficient (Wildman–Crippen LogP) is 0.168. The molecule has 31 heavy (non-hydrogen) atoms. The molecule has 0 radical (unpaired) electrons. The van der Waals surface area contributed by atoms with Crippen LogP contribution in [0.25, 0.3) is 0 Å². The van der Waals surface area contributed by atoms with Crippen LogP contribution in [-0.2, 0) is 19.2 Å². The third kappa shape index (κ3) is 5.89. The van der Waals surface area contributed by atoms with Gasteiger partial charge in [-0.05, 0) is 32.0 Å². The molecule has 0 unspecified atom stereocenters. The highest BCUT2D eigenvalue weighted by Gasteiger charge is 2.32. The van der Waals surface area contributed by atoms with Gasteiger partial charge in [-0.25, -0.2) is 9.78 Å². The minimum absolute atomic E-state index is 0.0521. The highest BCUT2D eigenvalue weighted by Crippen LogP contribution is 2.24. The second-order valence-corrected chi connectivity index (χ2v) is 7.12. The lowest BCUT2D eigenvalue weighted by molar-refractivity contribution is -0.144. The average Bonchev–Trinajstić information content (AvgIpc) is 3.16. The number of aromatic hydroxyl groups is 2. The molecular formula is C17H17N5O8S. The highest BCUT2D eigenvalue weighted by molar-refractivity contribution is 7.14. The number of amides is 3. The number of phenols is 2. The van der Waals surface area contributed by atoms with Gasteiger partial charge in [0.1, 0.15) is 5.69 Å².